The Morgan fingerprint density at radius 2 is 1.83 bits per heavy atom. The van der Waals surface area contributed by atoms with E-state index in [-0.39, 0.29) is 39.6 Å². The van der Waals surface area contributed by atoms with E-state index in [1.807, 2.05) is 0 Å². The van der Waals surface area contributed by atoms with Gasteiger partial charge < -0.3 is 15.4 Å². The van der Waals surface area contributed by atoms with Crippen LogP contribution in [0.2, 0.25) is 5.02 Å². The number of pyridine rings is 1. The number of carbonyl (C=O) groups excluding carboxylic acids is 1. The molecule has 0 radical (unpaired) electrons. The van der Waals surface area contributed by atoms with E-state index in [1.54, 1.807) is 32.2 Å². The fraction of sp³-hybridized carbons (Fsp3) is 0.350. The zero-order valence-electron chi connectivity index (χ0n) is 31.8. The summed E-state index contributed by atoms with van der Waals surface area (Å²) in [5.74, 6) is 1.58. The number of nitrogens with zero attached hydrogens (tertiary/aromatic N) is 5. The molecule has 312 valence electrons. The van der Waals surface area contributed by atoms with Crippen LogP contribution in [0.15, 0.2) is 42.5 Å². The fourth-order valence-corrected chi connectivity index (χ4v) is 8.54. The number of morpholine rings is 1. The van der Waals surface area contributed by atoms with Gasteiger partial charge in [-0.05, 0) is 55.2 Å². The second kappa shape index (κ2) is 15.1. The highest BCUT2D eigenvalue weighted by Crippen LogP contribution is 2.57. The monoisotopic (exact) mass is 870 g/mol. The van der Waals surface area contributed by atoms with Crippen LogP contribution in [0.25, 0.3) is 22.0 Å². The molecule has 4 atom stereocenters. The standard InChI is InChI=1S/C40H33ClF6N8O4S/c1-39(19-48-12-13-59-39)11-10-23-4-5-24(25-7-9-28(41)32-35(25)54(2)52-38(32)53-60(3,57)58)33(49-23)29(16-20-14-21(42)17-22(43)15-20)50-30(56)18-55-36-31(34(51-55)37(44)45)26-6-8-27(26)40(36,46)47/h4-5,7,9,14-15,17,26-27,29,37,48H,12-13,16,18-19H2,1-3H3,(H,50,56)(H,52,53)/t26-,27+,29?,39+/m0/s1. The minimum Gasteiger partial charge on any atom is -0.360 e. The first-order valence-corrected chi connectivity index (χ1v) is 20.6. The number of amides is 1. The van der Waals surface area contributed by atoms with Crippen LogP contribution in [0, 0.1) is 41.2 Å². The topological polar surface area (TPSA) is 145 Å². The largest absolute Gasteiger partial charge is 0.360 e. The van der Waals surface area contributed by atoms with Gasteiger partial charge in [0.15, 0.2) is 5.82 Å². The molecule has 1 saturated heterocycles. The molecule has 5 aromatic rings. The summed E-state index contributed by atoms with van der Waals surface area (Å²) in [4.78, 5) is 18.9. The highest BCUT2D eigenvalue weighted by molar-refractivity contribution is 7.92. The maximum absolute atomic E-state index is 15.6. The Kier molecular flexibility index (Phi) is 10.4. The Labute approximate surface area is 344 Å². The van der Waals surface area contributed by atoms with Gasteiger partial charge in [0.25, 0.3) is 6.43 Å². The summed E-state index contributed by atoms with van der Waals surface area (Å²) in [7, 11) is -2.29. The number of aryl methyl sites for hydroxylation is 1. The van der Waals surface area contributed by atoms with Crippen molar-refractivity contribution in [2.24, 2.45) is 13.0 Å². The van der Waals surface area contributed by atoms with E-state index in [4.69, 9.17) is 21.3 Å². The summed E-state index contributed by atoms with van der Waals surface area (Å²) in [6.07, 6.45) is -2.63. The van der Waals surface area contributed by atoms with Crippen molar-refractivity contribution >= 4 is 44.3 Å². The Morgan fingerprint density at radius 3 is 2.48 bits per heavy atom. The first-order valence-electron chi connectivity index (χ1n) is 18.4. The van der Waals surface area contributed by atoms with Crippen LogP contribution in [-0.2, 0) is 45.5 Å². The number of benzene rings is 2. The number of aromatic nitrogens is 5. The van der Waals surface area contributed by atoms with Crippen molar-refractivity contribution < 1.29 is 44.3 Å². The second-order valence-electron chi connectivity index (χ2n) is 14.9. The third-order valence-corrected chi connectivity index (χ3v) is 11.2. The van der Waals surface area contributed by atoms with Crippen molar-refractivity contribution in [2.45, 2.75) is 49.8 Å². The van der Waals surface area contributed by atoms with Crippen molar-refractivity contribution in [3.63, 3.8) is 0 Å². The van der Waals surface area contributed by atoms with Gasteiger partial charge in [0, 0.05) is 42.9 Å². The van der Waals surface area contributed by atoms with Gasteiger partial charge in [-0.25, -0.2) is 31.0 Å². The number of hydrogen-bond acceptors (Lipinski definition) is 8. The summed E-state index contributed by atoms with van der Waals surface area (Å²) < 4.78 is 124. The lowest BCUT2D eigenvalue weighted by atomic mass is 9.84. The Hall–Kier alpha value is -5.60. The second-order valence-corrected chi connectivity index (χ2v) is 17.0. The lowest BCUT2D eigenvalue weighted by molar-refractivity contribution is -0.123. The molecule has 60 heavy (non-hydrogen) atoms. The lowest BCUT2D eigenvalue weighted by Crippen LogP contribution is -2.46. The number of hydrogen-bond donors (Lipinski definition) is 3. The molecule has 1 aliphatic heterocycles. The van der Waals surface area contributed by atoms with Crippen LogP contribution >= 0.6 is 11.6 Å². The third kappa shape index (κ3) is 7.66. The average molecular weight is 871 g/mol. The molecule has 1 fully saturated rings. The molecule has 0 spiro atoms. The summed E-state index contributed by atoms with van der Waals surface area (Å²) >= 11 is 6.62. The van der Waals surface area contributed by atoms with Gasteiger partial charge in [-0.2, -0.15) is 19.0 Å². The highest BCUT2D eigenvalue weighted by Gasteiger charge is 2.60. The zero-order chi connectivity index (χ0) is 42.9. The van der Waals surface area contributed by atoms with Crippen LogP contribution in [0.1, 0.15) is 59.2 Å². The predicted octanol–water partition coefficient (Wildman–Crippen LogP) is 5.72. The number of nitrogens with one attached hydrogen (secondary N) is 3. The van der Waals surface area contributed by atoms with Crippen LogP contribution in [-0.4, -0.2) is 70.4 Å². The Bertz CT molecular complexity index is 2820. The van der Waals surface area contributed by atoms with Gasteiger partial charge >= 0.3 is 5.92 Å². The van der Waals surface area contributed by atoms with Crippen LogP contribution in [0.4, 0.5) is 32.2 Å². The molecule has 8 rings (SSSR count). The first-order chi connectivity index (χ1) is 28.3. The van der Waals surface area contributed by atoms with E-state index in [1.165, 1.54) is 10.7 Å². The molecular weight excluding hydrogens is 838 g/mol. The molecule has 3 N–H and O–H groups in total. The smallest absolute Gasteiger partial charge is 0.304 e. The highest BCUT2D eigenvalue weighted by atomic mass is 35.5. The zero-order valence-corrected chi connectivity index (χ0v) is 33.4. The maximum atomic E-state index is 15.6. The van der Waals surface area contributed by atoms with Crippen molar-refractivity contribution in [3.05, 3.63) is 93.0 Å². The van der Waals surface area contributed by atoms with Crippen molar-refractivity contribution in [1.82, 2.24) is 35.2 Å². The molecule has 0 saturated carbocycles. The number of alkyl halides is 4. The molecule has 3 aliphatic rings. The molecule has 3 aromatic heterocycles. The Balaban J connectivity index is 1.28. The molecule has 2 aliphatic carbocycles. The van der Waals surface area contributed by atoms with E-state index >= 15 is 8.78 Å². The molecule has 0 bridgehead atoms. The minimum absolute atomic E-state index is 0.0536. The van der Waals surface area contributed by atoms with E-state index in [0.29, 0.717) is 47.1 Å². The van der Waals surface area contributed by atoms with Gasteiger partial charge in [-0.1, -0.05) is 35.4 Å². The summed E-state index contributed by atoms with van der Waals surface area (Å²) in [6, 6.07) is 7.71. The lowest BCUT2D eigenvalue weighted by Gasteiger charge is -2.29. The molecule has 1 amide bonds. The average Bonchev–Trinajstić information content (AvgIpc) is 3.71. The van der Waals surface area contributed by atoms with Crippen LogP contribution in [0.3, 0.4) is 0 Å². The fourth-order valence-electron chi connectivity index (χ4n) is 7.80. The van der Waals surface area contributed by atoms with Crippen molar-refractivity contribution in [2.75, 3.05) is 30.7 Å². The molecule has 20 heteroatoms. The normalized spacial score (nSPS) is 20.6. The van der Waals surface area contributed by atoms with Gasteiger partial charge in [-0.15, -0.1) is 0 Å². The number of fused-ring (bicyclic) bond motifs is 4. The van der Waals surface area contributed by atoms with Crippen LogP contribution in [0.5, 0.6) is 0 Å². The summed E-state index contributed by atoms with van der Waals surface area (Å²) in [5.41, 5.74) is -1.81. The quantitative estimate of drug-likeness (QED) is 0.119. The van der Waals surface area contributed by atoms with E-state index < -0.39 is 86.9 Å². The molecule has 4 heterocycles. The molecular formula is C40H33ClF6N8O4S. The predicted molar refractivity (Wildman–Crippen MR) is 208 cm³/mol. The molecule has 12 nitrogen and oxygen atoms in total. The number of carbonyl (C=O) groups is 1. The SMILES string of the molecule is Cn1nc(NS(C)(=O)=O)c2c(Cl)ccc(-c3ccc(C#C[C@]4(C)CNCCO4)nc3C(Cc3cc(F)cc(F)c3)NC(=O)Cn3nc(C(F)F)c4c3C(F)(F)[C@@H]3C#C[C@H]43)c21. The Morgan fingerprint density at radius 1 is 1.10 bits per heavy atom. The van der Waals surface area contributed by atoms with Gasteiger partial charge in [0.1, 0.15) is 46.8 Å². The first kappa shape index (κ1) is 41.1. The summed E-state index contributed by atoms with van der Waals surface area (Å²) in [5, 5.41) is 14.4. The number of anilines is 1. The van der Waals surface area contributed by atoms with Crippen LogP contribution < -0.4 is 15.4 Å². The summed E-state index contributed by atoms with van der Waals surface area (Å²) in [6.45, 7) is 2.25. The van der Waals surface area contributed by atoms with Gasteiger partial charge in [-0.3, -0.25) is 18.9 Å². The maximum Gasteiger partial charge on any atom is 0.304 e. The van der Waals surface area contributed by atoms with Gasteiger partial charge in [0.05, 0.1) is 46.4 Å². The van der Waals surface area contributed by atoms with Crippen molar-refractivity contribution in [1.29, 1.82) is 0 Å². The van der Waals surface area contributed by atoms with Crippen molar-refractivity contribution in [3.8, 4) is 34.8 Å². The minimum atomic E-state index is -3.83. The number of sulfonamides is 1. The molecule has 1 unspecified atom stereocenters. The van der Waals surface area contributed by atoms with E-state index in [0.717, 1.165) is 18.4 Å². The number of halogens is 7. The van der Waals surface area contributed by atoms with Gasteiger partial charge in [0.2, 0.25) is 15.9 Å². The molecule has 2 aromatic carbocycles. The number of rotatable bonds is 10. The third-order valence-electron chi connectivity index (χ3n) is 10.3. The van der Waals surface area contributed by atoms with E-state index in [9.17, 15) is 30.8 Å². The number of ether oxygens (including phenoxy) is 1. The van der Waals surface area contributed by atoms with E-state index in [2.05, 4.69) is 49.2 Å².